The Hall–Kier alpha value is -3.31. The molecular formula is C24H22BrClN4O6. The minimum Gasteiger partial charge on any atom is -0.479 e. The Bertz CT molecular complexity index is 1430. The Kier molecular flexibility index (Phi) is 7.70. The number of halogens is 2. The highest BCUT2D eigenvalue weighted by molar-refractivity contribution is 9.10. The average Bonchev–Trinajstić information content (AvgIpc) is 2.85. The topological polar surface area (TPSA) is 137 Å². The molecule has 2 aromatic carbocycles. The number of ether oxygens (including phenoxy) is 1. The first-order chi connectivity index (χ1) is 17.2. The van der Waals surface area contributed by atoms with Crippen molar-refractivity contribution in [2.24, 2.45) is 5.10 Å². The van der Waals surface area contributed by atoms with Gasteiger partial charge in [0.1, 0.15) is 5.82 Å². The summed E-state index contributed by atoms with van der Waals surface area (Å²) in [5, 5.41) is 25.3. The lowest BCUT2D eigenvalue weighted by Gasteiger charge is -2.22. The van der Waals surface area contributed by atoms with Gasteiger partial charge in [-0.05, 0) is 44.0 Å². The Labute approximate surface area is 218 Å². The van der Waals surface area contributed by atoms with Gasteiger partial charge in [0, 0.05) is 22.0 Å². The molecule has 0 unspecified atom stereocenters. The van der Waals surface area contributed by atoms with Crippen molar-refractivity contribution in [3.63, 3.8) is 0 Å². The summed E-state index contributed by atoms with van der Waals surface area (Å²) >= 11 is 9.60. The highest BCUT2D eigenvalue weighted by atomic mass is 79.9. The first kappa shape index (κ1) is 25.8. The maximum Gasteiger partial charge on any atom is 0.344 e. The highest BCUT2D eigenvalue weighted by Gasteiger charge is 2.25. The molecule has 0 aliphatic heterocycles. The van der Waals surface area contributed by atoms with E-state index in [9.17, 15) is 19.7 Å². The molecular weight excluding hydrogens is 556 g/mol. The second kappa shape index (κ2) is 10.8. The van der Waals surface area contributed by atoms with Gasteiger partial charge in [-0.25, -0.2) is 9.78 Å². The summed E-state index contributed by atoms with van der Waals surface area (Å²) in [5.41, 5.74) is -0.0627. The van der Waals surface area contributed by atoms with Crippen LogP contribution in [0.5, 0.6) is 5.75 Å². The van der Waals surface area contributed by atoms with Crippen molar-refractivity contribution in [2.75, 3.05) is 0 Å². The molecule has 1 aromatic heterocycles. The summed E-state index contributed by atoms with van der Waals surface area (Å²) < 4.78 is 7.18. The van der Waals surface area contributed by atoms with Crippen LogP contribution in [-0.4, -0.2) is 38.0 Å². The summed E-state index contributed by atoms with van der Waals surface area (Å²) in [6.07, 6.45) is 4.90. The lowest BCUT2D eigenvalue weighted by Crippen LogP contribution is -2.25. The molecule has 0 spiro atoms. The maximum absolute atomic E-state index is 13.4. The summed E-state index contributed by atoms with van der Waals surface area (Å²) in [4.78, 5) is 40.2. The largest absolute Gasteiger partial charge is 0.479 e. The lowest BCUT2D eigenvalue weighted by molar-refractivity contribution is -0.386. The third-order valence-electron chi connectivity index (χ3n) is 6.01. The molecule has 10 nitrogen and oxygen atoms in total. The number of hydrogen-bond donors (Lipinski definition) is 1. The van der Waals surface area contributed by atoms with Crippen LogP contribution in [-0.2, 0) is 4.79 Å². The van der Waals surface area contributed by atoms with Gasteiger partial charge in [0.15, 0.2) is 6.10 Å². The monoisotopic (exact) mass is 576 g/mol. The smallest absolute Gasteiger partial charge is 0.344 e. The van der Waals surface area contributed by atoms with E-state index in [1.807, 2.05) is 6.07 Å². The molecule has 3 aromatic rings. The zero-order valence-electron chi connectivity index (χ0n) is 19.2. The molecule has 36 heavy (non-hydrogen) atoms. The van der Waals surface area contributed by atoms with E-state index in [4.69, 9.17) is 26.4 Å². The van der Waals surface area contributed by atoms with E-state index in [0.29, 0.717) is 16.7 Å². The normalized spacial score (nSPS) is 15.3. The number of aromatic nitrogens is 2. The predicted octanol–water partition coefficient (Wildman–Crippen LogP) is 5.50. The van der Waals surface area contributed by atoms with Crippen LogP contribution in [0.25, 0.3) is 10.9 Å². The number of fused-ring (bicyclic) bond motifs is 1. The molecule has 0 amide bonds. The number of nitrogens with zero attached hydrogens (tertiary/aromatic N) is 4. The zero-order chi connectivity index (χ0) is 26.0. The van der Waals surface area contributed by atoms with Crippen molar-refractivity contribution in [1.29, 1.82) is 0 Å². The molecule has 1 heterocycles. The number of hydrogen-bond acceptors (Lipinski definition) is 7. The van der Waals surface area contributed by atoms with Gasteiger partial charge in [-0.15, -0.1) is 0 Å². The third-order valence-corrected chi connectivity index (χ3v) is 6.79. The number of carboxylic acid groups (broad SMARTS) is 1. The van der Waals surface area contributed by atoms with Gasteiger partial charge in [0.05, 0.1) is 27.1 Å². The average molecular weight is 578 g/mol. The van der Waals surface area contributed by atoms with E-state index in [0.717, 1.165) is 42.6 Å². The van der Waals surface area contributed by atoms with Gasteiger partial charge < -0.3 is 9.84 Å². The van der Waals surface area contributed by atoms with E-state index in [1.54, 1.807) is 12.1 Å². The zero-order valence-corrected chi connectivity index (χ0v) is 21.5. The van der Waals surface area contributed by atoms with Gasteiger partial charge in [-0.2, -0.15) is 9.78 Å². The summed E-state index contributed by atoms with van der Waals surface area (Å²) in [6, 6.07) is 7.80. The van der Waals surface area contributed by atoms with Crippen LogP contribution in [0.3, 0.4) is 0 Å². The molecule has 0 saturated heterocycles. The van der Waals surface area contributed by atoms with Gasteiger partial charge in [-0.3, -0.25) is 14.9 Å². The van der Waals surface area contributed by atoms with Gasteiger partial charge >= 0.3 is 11.7 Å². The number of nitro groups is 1. The summed E-state index contributed by atoms with van der Waals surface area (Å²) in [5.74, 6) is -1.05. The van der Waals surface area contributed by atoms with Crippen LogP contribution in [0.2, 0.25) is 5.02 Å². The van der Waals surface area contributed by atoms with Gasteiger partial charge in [0.2, 0.25) is 5.75 Å². The number of benzene rings is 2. The minimum absolute atomic E-state index is 0.0582. The van der Waals surface area contributed by atoms with Crippen LogP contribution in [0.4, 0.5) is 5.69 Å². The molecule has 1 fully saturated rings. The number of aliphatic carboxylic acids is 1. The molecule has 0 bridgehead atoms. The number of carboxylic acids is 1. The molecule has 12 heteroatoms. The van der Waals surface area contributed by atoms with E-state index < -0.39 is 22.7 Å². The van der Waals surface area contributed by atoms with Gasteiger partial charge in [-0.1, -0.05) is 46.8 Å². The second-order valence-electron chi connectivity index (χ2n) is 8.53. The number of nitro benzene ring substituents is 1. The van der Waals surface area contributed by atoms with E-state index in [1.165, 1.54) is 23.9 Å². The van der Waals surface area contributed by atoms with Crippen LogP contribution in [0.1, 0.15) is 56.3 Å². The van der Waals surface area contributed by atoms with Crippen LogP contribution in [0, 0.1) is 10.1 Å². The summed E-state index contributed by atoms with van der Waals surface area (Å²) in [7, 11) is 0. The Balaban J connectivity index is 1.81. The highest BCUT2D eigenvalue weighted by Crippen LogP contribution is 2.37. The third kappa shape index (κ3) is 5.41. The number of rotatable bonds is 7. The maximum atomic E-state index is 13.4. The molecule has 1 N–H and O–H groups in total. The predicted molar refractivity (Wildman–Crippen MR) is 138 cm³/mol. The molecule has 188 valence electrons. The Morgan fingerprint density at radius 1 is 1.33 bits per heavy atom. The van der Waals surface area contributed by atoms with Crippen molar-refractivity contribution < 1.29 is 19.6 Å². The molecule has 1 atom stereocenters. The van der Waals surface area contributed by atoms with Crippen molar-refractivity contribution in [3.05, 3.63) is 71.7 Å². The fourth-order valence-corrected chi connectivity index (χ4v) is 4.81. The van der Waals surface area contributed by atoms with Crippen LogP contribution < -0.4 is 10.3 Å². The quantitative estimate of drug-likeness (QED) is 0.222. The Morgan fingerprint density at radius 2 is 2.06 bits per heavy atom. The van der Waals surface area contributed by atoms with E-state index in [2.05, 4.69) is 21.0 Å². The minimum atomic E-state index is -1.35. The SMILES string of the molecule is C[C@@H](Oc1c(Cl)cc(C=Nn2c(C3CCCCC3)nc3ccc(Br)cc3c2=O)cc1[N+](=O)[O-])C(=O)O. The van der Waals surface area contributed by atoms with E-state index >= 15 is 0 Å². The van der Waals surface area contributed by atoms with Crippen molar-refractivity contribution >= 4 is 56.3 Å². The Morgan fingerprint density at radius 3 is 2.72 bits per heavy atom. The van der Waals surface area contributed by atoms with E-state index in [-0.39, 0.29) is 27.8 Å². The first-order valence-electron chi connectivity index (χ1n) is 11.3. The van der Waals surface area contributed by atoms with Gasteiger partial charge in [0.25, 0.3) is 5.56 Å². The molecule has 0 radical (unpaired) electrons. The van der Waals surface area contributed by atoms with Crippen LogP contribution in [0.15, 0.2) is 44.7 Å². The molecule has 1 aliphatic carbocycles. The number of carbonyl (C=O) groups is 1. The lowest BCUT2D eigenvalue weighted by atomic mass is 9.88. The molecule has 1 aliphatic rings. The first-order valence-corrected chi connectivity index (χ1v) is 12.5. The molecule has 4 rings (SSSR count). The van der Waals surface area contributed by atoms with Crippen LogP contribution >= 0.6 is 27.5 Å². The standard InChI is InChI=1S/C24H22BrClN4O6/c1-13(24(32)33)36-21-18(26)9-14(10-20(21)30(34)35)12-27-29-22(15-5-3-2-4-6-15)28-19-8-7-16(25)11-17(19)23(29)31/h7-13,15H,2-6H2,1H3,(H,32,33)/t13-/m1/s1. The van der Waals surface area contributed by atoms with Crippen molar-refractivity contribution in [1.82, 2.24) is 9.66 Å². The van der Waals surface area contributed by atoms with Crippen molar-refractivity contribution in [3.8, 4) is 5.75 Å². The fraction of sp³-hybridized carbons (Fsp3) is 0.333. The molecule has 1 saturated carbocycles. The summed E-state index contributed by atoms with van der Waals surface area (Å²) in [6.45, 7) is 1.24. The fourth-order valence-electron chi connectivity index (χ4n) is 4.18. The van der Waals surface area contributed by atoms with Crippen molar-refractivity contribution in [2.45, 2.75) is 51.0 Å². The second-order valence-corrected chi connectivity index (χ2v) is 9.86.